The van der Waals surface area contributed by atoms with Crippen molar-refractivity contribution in [2.45, 2.75) is 6.42 Å². The molecule has 2 rings (SSSR count). The summed E-state index contributed by atoms with van der Waals surface area (Å²) >= 11 is 0. The molecule has 0 aromatic heterocycles. The van der Waals surface area contributed by atoms with Gasteiger partial charge >= 0.3 is 11.9 Å². The Morgan fingerprint density at radius 3 is 2.43 bits per heavy atom. The number of carbonyl (C=O) groups excluding carboxylic acids is 1. The quantitative estimate of drug-likeness (QED) is 0.520. The Morgan fingerprint density at radius 1 is 1.36 bits per heavy atom. The zero-order valence-electron chi connectivity index (χ0n) is 7.69. The molecular weight excluding hydrogens is 184 g/mol. The average molecular weight is 194 g/mol. The Kier molecular flexibility index (Phi) is 1.91. The predicted octanol–water partition coefficient (Wildman–Crippen LogP) is 0.746. The first-order chi connectivity index (χ1) is 6.65. The maximum Gasteiger partial charge on any atom is 0.334 e. The number of carboxylic acids is 1. The van der Waals surface area contributed by atoms with Crippen LogP contribution in [0.25, 0.3) is 0 Å². The summed E-state index contributed by atoms with van der Waals surface area (Å²) in [5, 5.41) is 8.95. The number of carboxylic acid groups (broad SMARTS) is 1. The molecule has 0 spiro atoms. The minimum atomic E-state index is -1.01. The summed E-state index contributed by atoms with van der Waals surface area (Å²) in [4.78, 5) is 22.3. The van der Waals surface area contributed by atoms with E-state index in [1.807, 2.05) is 12.2 Å². The minimum Gasteiger partial charge on any atom is -0.478 e. The van der Waals surface area contributed by atoms with Crippen LogP contribution >= 0.6 is 0 Å². The first-order valence-electron chi connectivity index (χ1n) is 4.39. The molecule has 0 unspecified atom stereocenters. The minimum absolute atomic E-state index is 0.0569. The molecule has 0 amide bonds. The largest absolute Gasteiger partial charge is 0.478 e. The third-order valence-corrected chi connectivity index (χ3v) is 2.75. The highest BCUT2D eigenvalue weighted by Gasteiger charge is 2.42. The number of methoxy groups -OCH3 is 1. The molecule has 0 radical (unpaired) electrons. The molecule has 2 aliphatic carbocycles. The molecule has 2 aliphatic rings. The molecule has 0 saturated carbocycles. The van der Waals surface area contributed by atoms with Crippen LogP contribution in [0.15, 0.2) is 23.3 Å². The lowest BCUT2D eigenvalue weighted by Gasteiger charge is -2.10. The van der Waals surface area contributed by atoms with E-state index in [-0.39, 0.29) is 17.4 Å². The lowest BCUT2D eigenvalue weighted by atomic mass is 9.97. The van der Waals surface area contributed by atoms with Crippen molar-refractivity contribution in [2.75, 3.05) is 7.11 Å². The molecule has 1 N–H and O–H groups in total. The van der Waals surface area contributed by atoms with E-state index in [1.165, 1.54) is 7.11 Å². The van der Waals surface area contributed by atoms with Gasteiger partial charge in [0.15, 0.2) is 0 Å². The molecule has 0 saturated heterocycles. The van der Waals surface area contributed by atoms with Gasteiger partial charge in [0.2, 0.25) is 0 Å². The number of carbonyl (C=O) groups is 2. The Balaban J connectivity index is 2.43. The van der Waals surface area contributed by atoms with Crippen LogP contribution in [0.2, 0.25) is 0 Å². The van der Waals surface area contributed by atoms with E-state index in [0.29, 0.717) is 12.0 Å². The summed E-state index contributed by atoms with van der Waals surface area (Å²) in [6.07, 6.45) is 4.43. The van der Waals surface area contributed by atoms with Crippen LogP contribution < -0.4 is 0 Å². The summed E-state index contributed by atoms with van der Waals surface area (Å²) in [5.41, 5.74) is 0.539. The van der Waals surface area contributed by atoms with E-state index in [9.17, 15) is 9.59 Å². The zero-order chi connectivity index (χ0) is 10.3. The van der Waals surface area contributed by atoms with Gasteiger partial charge in [-0.05, 0) is 6.42 Å². The van der Waals surface area contributed by atoms with Gasteiger partial charge in [-0.15, -0.1) is 0 Å². The van der Waals surface area contributed by atoms with Gasteiger partial charge in [-0.2, -0.15) is 0 Å². The Morgan fingerprint density at radius 2 is 1.93 bits per heavy atom. The third-order valence-electron chi connectivity index (χ3n) is 2.75. The van der Waals surface area contributed by atoms with Crippen LogP contribution in [-0.4, -0.2) is 24.2 Å². The van der Waals surface area contributed by atoms with Crippen molar-refractivity contribution in [3.8, 4) is 0 Å². The number of rotatable bonds is 2. The molecule has 0 aliphatic heterocycles. The number of fused-ring (bicyclic) bond motifs is 2. The highest BCUT2D eigenvalue weighted by atomic mass is 16.5. The monoisotopic (exact) mass is 194 g/mol. The van der Waals surface area contributed by atoms with Gasteiger partial charge in [0.25, 0.3) is 0 Å². The van der Waals surface area contributed by atoms with Crippen molar-refractivity contribution in [3.63, 3.8) is 0 Å². The molecule has 74 valence electrons. The van der Waals surface area contributed by atoms with Crippen molar-refractivity contribution >= 4 is 11.9 Å². The van der Waals surface area contributed by atoms with Crippen LogP contribution in [0.4, 0.5) is 0 Å². The Labute approximate surface area is 80.9 Å². The van der Waals surface area contributed by atoms with Crippen molar-refractivity contribution in [3.05, 3.63) is 23.3 Å². The second-order valence-corrected chi connectivity index (χ2v) is 3.46. The van der Waals surface area contributed by atoms with Gasteiger partial charge in [-0.25, -0.2) is 9.59 Å². The maximum atomic E-state index is 11.3. The molecule has 4 heteroatoms. The van der Waals surface area contributed by atoms with Crippen molar-refractivity contribution < 1.29 is 19.4 Å². The van der Waals surface area contributed by atoms with E-state index in [0.717, 1.165) is 0 Å². The van der Waals surface area contributed by atoms with Crippen LogP contribution in [-0.2, 0) is 14.3 Å². The SMILES string of the molecule is COC(=O)C1=C(C(=O)O)[C@H]2C=C[C@H]1C2. The highest BCUT2D eigenvalue weighted by Crippen LogP contribution is 2.44. The predicted molar refractivity (Wildman–Crippen MR) is 47.4 cm³/mol. The second kappa shape index (κ2) is 2.97. The fourth-order valence-electron chi connectivity index (χ4n) is 2.17. The van der Waals surface area contributed by atoms with Crippen LogP contribution in [0, 0.1) is 11.8 Å². The first kappa shape index (κ1) is 8.99. The molecule has 2 atom stereocenters. The van der Waals surface area contributed by atoms with Gasteiger partial charge < -0.3 is 9.84 Å². The lowest BCUT2D eigenvalue weighted by Crippen LogP contribution is -2.16. The van der Waals surface area contributed by atoms with E-state index in [2.05, 4.69) is 4.74 Å². The van der Waals surface area contributed by atoms with Crippen molar-refractivity contribution in [1.29, 1.82) is 0 Å². The van der Waals surface area contributed by atoms with E-state index in [4.69, 9.17) is 5.11 Å². The topological polar surface area (TPSA) is 63.6 Å². The van der Waals surface area contributed by atoms with E-state index in [1.54, 1.807) is 0 Å². The summed E-state index contributed by atoms with van der Waals surface area (Å²) in [7, 11) is 1.27. The van der Waals surface area contributed by atoms with E-state index < -0.39 is 11.9 Å². The highest BCUT2D eigenvalue weighted by molar-refractivity contribution is 6.02. The van der Waals surface area contributed by atoms with Gasteiger partial charge in [-0.3, -0.25) is 0 Å². The number of allylic oxidation sites excluding steroid dienone is 2. The smallest absolute Gasteiger partial charge is 0.334 e. The van der Waals surface area contributed by atoms with Gasteiger partial charge in [0, 0.05) is 11.8 Å². The number of hydrogen-bond acceptors (Lipinski definition) is 3. The van der Waals surface area contributed by atoms with Crippen molar-refractivity contribution in [2.24, 2.45) is 11.8 Å². The summed E-state index contributed by atoms with van der Waals surface area (Å²) in [6, 6.07) is 0. The zero-order valence-corrected chi connectivity index (χ0v) is 7.69. The number of hydrogen-bond donors (Lipinski definition) is 1. The van der Waals surface area contributed by atoms with Crippen LogP contribution in [0.1, 0.15) is 6.42 Å². The molecule has 2 bridgehead atoms. The van der Waals surface area contributed by atoms with Crippen LogP contribution in [0.3, 0.4) is 0 Å². The Hall–Kier alpha value is -1.58. The number of aliphatic carboxylic acids is 1. The molecule has 0 heterocycles. The number of esters is 1. The van der Waals surface area contributed by atoms with Gasteiger partial charge in [0.1, 0.15) is 0 Å². The molecule has 0 aromatic carbocycles. The summed E-state index contributed by atoms with van der Waals surface area (Å²) in [5.74, 6) is -1.69. The molecule has 4 nitrogen and oxygen atoms in total. The Bertz CT molecular complexity index is 364. The lowest BCUT2D eigenvalue weighted by molar-refractivity contribution is -0.138. The molecular formula is C10H10O4. The average Bonchev–Trinajstić information content (AvgIpc) is 2.74. The van der Waals surface area contributed by atoms with Gasteiger partial charge in [0.05, 0.1) is 18.3 Å². The number of ether oxygens (including phenoxy) is 1. The molecule has 0 aromatic rings. The van der Waals surface area contributed by atoms with E-state index >= 15 is 0 Å². The van der Waals surface area contributed by atoms with Crippen molar-refractivity contribution in [1.82, 2.24) is 0 Å². The first-order valence-corrected chi connectivity index (χ1v) is 4.39. The second-order valence-electron chi connectivity index (χ2n) is 3.46. The standard InChI is InChI=1S/C10H10O4/c1-14-10(13)8-6-3-2-5(4-6)7(8)9(11)12/h2-3,5-6H,4H2,1H3,(H,11,12)/t5-,6-/m0/s1. The van der Waals surface area contributed by atoms with Gasteiger partial charge in [-0.1, -0.05) is 12.2 Å². The fourth-order valence-corrected chi connectivity index (χ4v) is 2.17. The van der Waals surface area contributed by atoms with Crippen LogP contribution in [0.5, 0.6) is 0 Å². The third kappa shape index (κ3) is 1.07. The molecule has 0 fully saturated rings. The maximum absolute atomic E-state index is 11.3. The summed E-state index contributed by atoms with van der Waals surface area (Å²) < 4.78 is 4.57. The summed E-state index contributed by atoms with van der Waals surface area (Å²) in [6.45, 7) is 0. The normalized spacial score (nSPS) is 28.4. The fraction of sp³-hybridized carbons (Fsp3) is 0.400. The molecule has 14 heavy (non-hydrogen) atoms.